The second-order valence-corrected chi connectivity index (χ2v) is 10.1. The molecule has 0 fully saturated rings. The number of hydrogen-bond donors (Lipinski definition) is 2. The Morgan fingerprint density at radius 1 is 0.593 bits per heavy atom. The Balaban J connectivity index is 2.53. The van der Waals surface area contributed by atoms with Crippen LogP contribution in [0.25, 0.3) is 0 Å². The fraction of sp³-hybridized carbons (Fsp3) is 0. The molecule has 0 radical (unpaired) electrons. The molecule has 3 rings (SSSR count). The van der Waals surface area contributed by atoms with Crippen LogP contribution in [-0.2, 0) is 14.4 Å². The molecule has 3 aromatic carbocycles. The van der Waals surface area contributed by atoms with Crippen LogP contribution in [-0.4, -0.2) is 27.3 Å². The number of benzene rings is 3. The van der Waals surface area contributed by atoms with Gasteiger partial charge in [-0.2, -0.15) is 0 Å². The average Bonchev–Trinajstić information content (AvgIpc) is 2.74. The molecule has 0 aliphatic rings. The molecule has 0 heterocycles. The van der Waals surface area contributed by atoms with Gasteiger partial charge in [0.2, 0.25) is 0 Å². The zero-order valence-corrected chi connectivity index (χ0v) is 15.1. The van der Waals surface area contributed by atoms with Gasteiger partial charge in [-0.15, -0.1) is 0 Å². The first-order chi connectivity index (χ1) is 12.9. The fourth-order valence-corrected chi connectivity index (χ4v) is 7.59. The van der Waals surface area contributed by atoms with E-state index in [1.807, 2.05) is 0 Å². The molecule has 27 heavy (non-hydrogen) atoms. The van der Waals surface area contributed by atoms with Crippen molar-refractivity contribution >= 4 is 40.0 Å². The summed E-state index contributed by atoms with van der Waals surface area (Å²) in [6.07, 6.45) is 0. The summed E-state index contributed by atoms with van der Waals surface area (Å²) in [5.74, 6) is -3.54. The van der Waals surface area contributed by atoms with Gasteiger partial charge < -0.3 is 0 Å². The standard InChI is InChI=1S/C21H17O5P/c22-19(20(23)24)21(25)27(26,16-10-4-1-5-11-16,17-12-6-2-7-13-17)18-14-8-3-9-15-18/h1-15,26H,(H,23,24). The van der Waals surface area contributed by atoms with E-state index >= 15 is 0 Å². The number of carboxylic acids is 1. The van der Waals surface area contributed by atoms with Gasteiger partial charge in [0.05, 0.1) is 0 Å². The SMILES string of the molecule is O=C(O)C(=O)C(=O)P(O)(c1ccccc1)(c1ccccc1)c1ccccc1. The molecule has 0 bridgehead atoms. The summed E-state index contributed by atoms with van der Waals surface area (Å²) < 4.78 is 0. The van der Waals surface area contributed by atoms with Crippen molar-refractivity contribution in [3.8, 4) is 0 Å². The first-order valence-corrected chi connectivity index (χ1v) is 10.4. The van der Waals surface area contributed by atoms with Crippen LogP contribution in [0.5, 0.6) is 0 Å². The van der Waals surface area contributed by atoms with Crippen molar-refractivity contribution in [1.82, 2.24) is 0 Å². The van der Waals surface area contributed by atoms with Crippen LogP contribution in [0.1, 0.15) is 0 Å². The Kier molecular flexibility index (Phi) is 4.75. The fourth-order valence-electron chi connectivity index (χ4n) is 3.24. The van der Waals surface area contributed by atoms with E-state index in [0.717, 1.165) is 0 Å². The molecule has 136 valence electrons. The topological polar surface area (TPSA) is 91.7 Å². The van der Waals surface area contributed by atoms with Crippen molar-refractivity contribution in [2.24, 2.45) is 0 Å². The van der Waals surface area contributed by atoms with E-state index in [0.29, 0.717) is 0 Å². The van der Waals surface area contributed by atoms with E-state index in [-0.39, 0.29) is 15.9 Å². The van der Waals surface area contributed by atoms with Crippen molar-refractivity contribution in [2.75, 3.05) is 0 Å². The van der Waals surface area contributed by atoms with E-state index in [9.17, 15) is 24.4 Å². The molecule has 0 saturated heterocycles. The van der Waals surface area contributed by atoms with Crippen LogP contribution in [0.3, 0.4) is 0 Å². The molecule has 0 spiro atoms. The maximum absolute atomic E-state index is 13.4. The number of carboxylic acid groups (broad SMARTS) is 1. The zero-order chi connectivity index (χ0) is 19.5. The Labute approximate surface area is 155 Å². The normalized spacial score (nSPS) is 12.6. The third-order valence-electron chi connectivity index (χ3n) is 4.56. The van der Waals surface area contributed by atoms with Crippen molar-refractivity contribution in [3.05, 3.63) is 91.0 Å². The molecule has 0 unspecified atom stereocenters. The molecule has 2 N–H and O–H groups in total. The minimum absolute atomic E-state index is 0.209. The summed E-state index contributed by atoms with van der Waals surface area (Å²) in [4.78, 5) is 49.5. The van der Waals surface area contributed by atoms with Crippen LogP contribution in [0, 0.1) is 0 Å². The van der Waals surface area contributed by atoms with Gasteiger partial charge in [0.1, 0.15) is 0 Å². The van der Waals surface area contributed by atoms with Gasteiger partial charge in [0.25, 0.3) is 0 Å². The zero-order valence-electron chi connectivity index (χ0n) is 14.2. The molecule has 0 amide bonds. The molecular weight excluding hydrogens is 363 g/mol. The van der Waals surface area contributed by atoms with Gasteiger partial charge in [0.15, 0.2) is 0 Å². The van der Waals surface area contributed by atoms with E-state index in [2.05, 4.69) is 0 Å². The van der Waals surface area contributed by atoms with Crippen LogP contribution >= 0.6 is 6.83 Å². The number of carbonyl (C=O) groups excluding carboxylic acids is 2. The number of hydrogen-bond acceptors (Lipinski definition) is 4. The van der Waals surface area contributed by atoms with Crippen molar-refractivity contribution < 1.29 is 24.4 Å². The Morgan fingerprint density at radius 3 is 1.15 bits per heavy atom. The third-order valence-corrected chi connectivity index (χ3v) is 9.47. The Bertz CT molecular complexity index is 901. The molecular formula is C21H17O5P. The molecule has 0 aliphatic heterocycles. The molecule has 5 nitrogen and oxygen atoms in total. The average molecular weight is 380 g/mol. The molecule has 6 heteroatoms. The van der Waals surface area contributed by atoms with Crippen LogP contribution in [0.15, 0.2) is 91.0 Å². The third kappa shape index (κ3) is 2.69. The van der Waals surface area contributed by atoms with E-state index in [1.54, 1.807) is 91.0 Å². The predicted molar refractivity (Wildman–Crippen MR) is 105 cm³/mol. The Hall–Kier alpha value is -3.14. The number of carbonyl (C=O) groups is 3. The van der Waals surface area contributed by atoms with Crippen LogP contribution in [0.4, 0.5) is 0 Å². The number of ketones is 1. The predicted octanol–water partition coefficient (Wildman–Crippen LogP) is 1.60. The number of aliphatic carboxylic acids is 1. The summed E-state index contributed by atoms with van der Waals surface area (Å²) in [7, 11) is 0. The van der Waals surface area contributed by atoms with Crippen molar-refractivity contribution in [3.63, 3.8) is 0 Å². The molecule has 0 aromatic heterocycles. The van der Waals surface area contributed by atoms with Crippen LogP contribution < -0.4 is 15.9 Å². The van der Waals surface area contributed by atoms with Gasteiger partial charge in [-0.3, -0.25) is 0 Å². The summed E-state index contributed by atoms with van der Waals surface area (Å²) in [6, 6.07) is 24.2. The monoisotopic (exact) mass is 380 g/mol. The number of rotatable bonds is 6. The van der Waals surface area contributed by atoms with Crippen LogP contribution in [0.2, 0.25) is 0 Å². The van der Waals surface area contributed by atoms with Gasteiger partial charge in [-0.25, -0.2) is 0 Å². The van der Waals surface area contributed by atoms with E-state index in [4.69, 9.17) is 0 Å². The van der Waals surface area contributed by atoms with Gasteiger partial charge in [-0.1, -0.05) is 0 Å². The van der Waals surface area contributed by atoms with Gasteiger partial charge >= 0.3 is 155 Å². The quantitative estimate of drug-likeness (QED) is 0.385. The Morgan fingerprint density at radius 2 is 0.889 bits per heavy atom. The molecule has 0 atom stereocenters. The summed E-state index contributed by atoms with van der Waals surface area (Å²) >= 11 is 0. The van der Waals surface area contributed by atoms with Gasteiger partial charge in [-0.05, 0) is 0 Å². The summed E-state index contributed by atoms with van der Waals surface area (Å²) in [5, 5.41) is 9.84. The molecule has 0 saturated carbocycles. The van der Waals surface area contributed by atoms with E-state index in [1.165, 1.54) is 0 Å². The maximum atomic E-state index is 13.4. The molecule has 3 aromatic rings. The first-order valence-electron chi connectivity index (χ1n) is 8.16. The second-order valence-electron chi connectivity index (χ2n) is 6.02. The second kappa shape index (κ2) is 6.88. The van der Waals surface area contributed by atoms with E-state index < -0.39 is 24.1 Å². The minimum atomic E-state index is -5.04. The van der Waals surface area contributed by atoms with Crippen molar-refractivity contribution in [2.45, 2.75) is 0 Å². The summed E-state index contributed by atoms with van der Waals surface area (Å²) in [5.41, 5.74) is -1.32. The van der Waals surface area contributed by atoms with Gasteiger partial charge in [0, 0.05) is 0 Å². The molecule has 0 aliphatic carbocycles. The number of Topliss-reactive ketones (excluding diaryl/α,β-unsaturated/α-hetero) is 1. The first kappa shape index (κ1) is 18.6. The summed E-state index contributed by atoms with van der Waals surface area (Å²) in [6.45, 7) is -5.04. The van der Waals surface area contributed by atoms with Crippen molar-refractivity contribution in [1.29, 1.82) is 0 Å².